The molecule has 1 aromatic rings. The van der Waals surface area contributed by atoms with Crippen molar-refractivity contribution in [2.45, 2.75) is 13.0 Å². The van der Waals surface area contributed by atoms with Gasteiger partial charge in [-0.15, -0.1) is 0 Å². The van der Waals surface area contributed by atoms with Gasteiger partial charge < -0.3 is 10.4 Å². The summed E-state index contributed by atoms with van der Waals surface area (Å²) in [5, 5.41) is 11.9. The third-order valence-electron chi connectivity index (χ3n) is 1.52. The van der Waals surface area contributed by atoms with Crippen molar-refractivity contribution in [3.8, 4) is 0 Å². The van der Waals surface area contributed by atoms with E-state index in [0.29, 0.717) is 5.02 Å². The summed E-state index contributed by atoms with van der Waals surface area (Å²) in [5.41, 5.74) is 0.287. The molecule has 1 aromatic heterocycles. The SMILES string of the molecule is C[C@H](O)CNC(=O)c1ccc(Cl)cn1. The lowest BCUT2D eigenvalue weighted by molar-refractivity contribution is 0.0919. The first-order valence-electron chi connectivity index (χ1n) is 4.17. The van der Waals surface area contributed by atoms with Crippen LogP contribution in [0.1, 0.15) is 17.4 Å². The molecule has 5 heteroatoms. The van der Waals surface area contributed by atoms with E-state index in [2.05, 4.69) is 10.3 Å². The number of rotatable bonds is 3. The average Bonchev–Trinajstić information content (AvgIpc) is 2.15. The van der Waals surface area contributed by atoms with Crippen molar-refractivity contribution in [2.75, 3.05) is 6.54 Å². The maximum absolute atomic E-state index is 11.3. The van der Waals surface area contributed by atoms with Crippen LogP contribution in [0.25, 0.3) is 0 Å². The molecule has 0 aliphatic carbocycles. The van der Waals surface area contributed by atoms with Crippen LogP contribution in [0.15, 0.2) is 18.3 Å². The number of halogens is 1. The minimum absolute atomic E-state index is 0.211. The summed E-state index contributed by atoms with van der Waals surface area (Å²) in [6.07, 6.45) is 0.838. The third-order valence-corrected chi connectivity index (χ3v) is 1.74. The molecule has 1 atom stereocenters. The molecule has 4 nitrogen and oxygen atoms in total. The van der Waals surface area contributed by atoms with Crippen LogP contribution in [0.4, 0.5) is 0 Å². The Balaban J connectivity index is 2.57. The van der Waals surface area contributed by atoms with E-state index in [4.69, 9.17) is 16.7 Å². The maximum Gasteiger partial charge on any atom is 0.269 e. The number of hydrogen-bond donors (Lipinski definition) is 2. The number of amides is 1. The Morgan fingerprint density at radius 2 is 2.43 bits per heavy atom. The normalized spacial score (nSPS) is 12.2. The zero-order valence-electron chi connectivity index (χ0n) is 7.70. The number of pyridine rings is 1. The number of carbonyl (C=O) groups is 1. The van der Waals surface area contributed by atoms with Gasteiger partial charge in [0, 0.05) is 12.7 Å². The topological polar surface area (TPSA) is 62.2 Å². The Morgan fingerprint density at radius 3 is 2.93 bits per heavy atom. The van der Waals surface area contributed by atoms with E-state index in [-0.39, 0.29) is 18.1 Å². The lowest BCUT2D eigenvalue weighted by atomic mass is 10.3. The molecular formula is C9H11ClN2O2. The van der Waals surface area contributed by atoms with Crippen LogP contribution >= 0.6 is 11.6 Å². The Labute approximate surface area is 86.9 Å². The van der Waals surface area contributed by atoms with Crippen LogP contribution in [-0.2, 0) is 0 Å². The summed E-state index contributed by atoms with van der Waals surface area (Å²) < 4.78 is 0. The summed E-state index contributed by atoms with van der Waals surface area (Å²) in [7, 11) is 0. The number of carbonyl (C=O) groups excluding carboxylic acids is 1. The van der Waals surface area contributed by atoms with E-state index < -0.39 is 6.10 Å². The molecule has 76 valence electrons. The van der Waals surface area contributed by atoms with Crippen LogP contribution in [0.5, 0.6) is 0 Å². The number of aliphatic hydroxyl groups is 1. The smallest absolute Gasteiger partial charge is 0.269 e. The van der Waals surface area contributed by atoms with Gasteiger partial charge in [0.05, 0.1) is 11.1 Å². The zero-order chi connectivity index (χ0) is 10.6. The monoisotopic (exact) mass is 214 g/mol. The molecule has 0 fully saturated rings. The van der Waals surface area contributed by atoms with Crippen molar-refractivity contribution >= 4 is 17.5 Å². The standard InChI is InChI=1S/C9H11ClN2O2/c1-6(13)4-12-9(14)8-3-2-7(10)5-11-8/h2-3,5-6,13H,4H2,1H3,(H,12,14)/t6-/m0/s1. The van der Waals surface area contributed by atoms with Gasteiger partial charge in [-0.25, -0.2) is 4.98 Å². The average molecular weight is 215 g/mol. The molecule has 0 unspecified atom stereocenters. The summed E-state index contributed by atoms with van der Waals surface area (Å²) >= 11 is 5.61. The van der Waals surface area contributed by atoms with Crippen LogP contribution in [0.3, 0.4) is 0 Å². The van der Waals surface area contributed by atoms with Gasteiger partial charge >= 0.3 is 0 Å². The Hall–Kier alpha value is -1.13. The van der Waals surface area contributed by atoms with Crippen molar-refractivity contribution in [3.05, 3.63) is 29.0 Å². The fraction of sp³-hybridized carbons (Fsp3) is 0.333. The van der Waals surface area contributed by atoms with Gasteiger partial charge in [0.2, 0.25) is 0 Å². The Kier molecular flexibility index (Phi) is 3.85. The summed E-state index contributed by atoms with van der Waals surface area (Å²) in [6, 6.07) is 3.12. The van der Waals surface area contributed by atoms with Crippen LogP contribution in [0.2, 0.25) is 5.02 Å². The minimum Gasteiger partial charge on any atom is -0.392 e. The number of aliphatic hydroxyl groups excluding tert-OH is 1. The van der Waals surface area contributed by atoms with Crippen LogP contribution < -0.4 is 5.32 Å². The van der Waals surface area contributed by atoms with Gasteiger partial charge in [-0.1, -0.05) is 11.6 Å². The summed E-state index contributed by atoms with van der Waals surface area (Å²) in [5.74, 6) is -0.317. The van der Waals surface area contributed by atoms with E-state index in [0.717, 1.165) is 0 Å². The van der Waals surface area contributed by atoms with E-state index in [9.17, 15) is 4.79 Å². The molecule has 0 aliphatic heterocycles. The van der Waals surface area contributed by atoms with Gasteiger partial charge in [0.15, 0.2) is 0 Å². The van der Waals surface area contributed by atoms with E-state index in [1.807, 2.05) is 0 Å². The van der Waals surface area contributed by atoms with Crippen molar-refractivity contribution in [3.63, 3.8) is 0 Å². The number of nitrogens with zero attached hydrogens (tertiary/aromatic N) is 1. The molecule has 1 rings (SSSR count). The van der Waals surface area contributed by atoms with Gasteiger partial charge in [0.25, 0.3) is 5.91 Å². The molecule has 0 aromatic carbocycles. The predicted molar refractivity (Wildman–Crippen MR) is 53.3 cm³/mol. The predicted octanol–water partition coefficient (Wildman–Crippen LogP) is 0.846. The molecule has 1 heterocycles. The highest BCUT2D eigenvalue weighted by Crippen LogP contribution is 2.05. The minimum atomic E-state index is -0.564. The molecular weight excluding hydrogens is 204 g/mol. The zero-order valence-corrected chi connectivity index (χ0v) is 8.45. The molecule has 1 amide bonds. The van der Waals surface area contributed by atoms with Gasteiger partial charge in [0.1, 0.15) is 5.69 Å². The third kappa shape index (κ3) is 3.32. The highest BCUT2D eigenvalue weighted by molar-refractivity contribution is 6.30. The fourth-order valence-corrected chi connectivity index (χ4v) is 0.953. The first-order chi connectivity index (χ1) is 6.59. The molecule has 14 heavy (non-hydrogen) atoms. The molecule has 0 saturated carbocycles. The van der Waals surface area contributed by atoms with Crippen LogP contribution in [-0.4, -0.2) is 28.6 Å². The quantitative estimate of drug-likeness (QED) is 0.784. The molecule has 0 radical (unpaired) electrons. The summed E-state index contributed by atoms with van der Waals surface area (Å²) in [6.45, 7) is 1.80. The molecule has 0 bridgehead atoms. The highest BCUT2D eigenvalue weighted by Gasteiger charge is 2.06. The van der Waals surface area contributed by atoms with Crippen molar-refractivity contribution in [1.82, 2.24) is 10.3 Å². The lowest BCUT2D eigenvalue weighted by Gasteiger charge is -2.05. The second-order valence-electron chi connectivity index (χ2n) is 2.92. The summed E-state index contributed by atoms with van der Waals surface area (Å²) in [4.78, 5) is 15.2. The Morgan fingerprint density at radius 1 is 1.71 bits per heavy atom. The van der Waals surface area contributed by atoms with E-state index in [1.165, 1.54) is 12.3 Å². The van der Waals surface area contributed by atoms with Crippen molar-refractivity contribution < 1.29 is 9.90 Å². The number of nitrogens with one attached hydrogen (secondary N) is 1. The largest absolute Gasteiger partial charge is 0.392 e. The second kappa shape index (κ2) is 4.93. The molecule has 0 spiro atoms. The Bertz CT molecular complexity index is 311. The molecule has 0 aliphatic rings. The van der Waals surface area contributed by atoms with Crippen molar-refractivity contribution in [1.29, 1.82) is 0 Å². The number of aromatic nitrogens is 1. The first-order valence-corrected chi connectivity index (χ1v) is 4.55. The molecule has 0 saturated heterocycles. The lowest BCUT2D eigenvalue weighted by Crippen LogP contribution is -2.31. The van der Waals surface area contributed by atoms with Gasteiger partial charge in [-0.05, 0) is 19.1 Å². The van der Waals surface area contributed by atoms with E-state index in [1.54, 1.807) is 13.0 Å². The first kappa shape index (κ1) is 10.9. The molecule has 2 N–H and O–H groups in total. The highest BCUT2D eigenvalue weighted by atomic mass is 35.5. The van der Waals surface area contributed by atoms with Gasteiger partial charge in [-0.2, -0.15) is 0 Å². The maximum atomic E-state index is 11.3. The number of hydrogen-bond acceptors (Lipinski definition) is 3. The fourth-order valence-electron chi connectivity index (χ4n) is 0.841. The van der Waals surface area contributed by atoms with Crippen molar-refractivity contribution in [2.24, 2.45) is 0 Å². The second-order valence-corrected chi connectivity index (χ2v) is 3.36. The van der Waals surface area contributed by atoms with Crippen LogP contribution in [0, 0.1) is 0 Å². The van der Waals surface area contributed by atoms with Gasteiger partial charge in [-0.3, -0.25) is 4.79 Å². The van der Waals surface area contributed by atoms with E-state index >= 15 is 0 Å².